The van der Waals surface area contributed by atoms with Gasteiger partial charge in [0, 0.05) is 12.1 Å². The number of carbonyl (C=O) groups is 1. The van der Waals surface area contributed by atoms with Crippen LogP contribution in [-0.2, 0) is 4.74 Å². The van der Waals surface area contributed by atoms with Crippen molar-refractivity contribution in [3.8, 4) is 0 Å². The number of nitrogens with zero attached hydrogens (tertiary/aromatic N) is 1. The predicted molar refractivity (Wildman–Crippen MR) is 74.9 cm³/mol. The Labute approximate surface area is 117 Å². The van der Waals surface area contributed by atoms with Crippen LogP contribution in [0.2, 0.25) is 0 Å². The van der Waals surface area contributed by atoms with Gasteiger partial charge in [-0.3, -0.25) is 10.1 Å². The van der Waals surface area contributed by atoms with E-state index in [0.29, 0.717) is 11.3 Å². The monoisotopic (exact) mass is 278 g/mol. The van der Waals surface area contributed by atoms with E-state index in [9.17, 15) is 14.9 Å². The fourth-order valence-electron chi connectivity index (χ4n) is 2.52. The normalized spacial score (nSPS) is 15.7. The average Bonchev–Trinajstić information content (AvgIpc) is 2.47. The molecule has 1 aliphatic carbocycles. The van der Waals surface area contributed by atoms with Gasteiger partial charge in [-0.15, -0.1) is 0 Å². The Bertz CT molecular complexity index is 510. The SMILES string of the molecule is COC(=O)c1ccc([N+](=O)[O-])c(NC2CCCCC2)c1. The highest BCUT2D eigenvalue weighted by Crippen LogP contribution is 2.29. The first-order valence-electron chi connectivity index (χ1n) is 6.75. The molecule has 0 bridgehead atoms. The highest BCUT2D eigenvalue weighted by Gasteiger charge is 2.21. The Morgan fingerprint density at radius 1 is 1.35 bits per heavy atom. The van der Waals surface area contributed by atoms with Crippen LogP contribution in [0.1, 0.15) is 42.5 Å². The largest absolute Gasteiger partial charge is 0.465 e. The molecule has 0 saturated heterocycles. The van der Waals surface area contributed by atoms with Crippen LogP contribution in [0.4, 0.5) is 11.4 Å². The molecular weight excluding hydrogens is 260 g/mol. The smallest absolute Gasteiger partial charge is 0.337 e. The Morgan fingerprint density at radius 3 is 2.65 bits per heavy atom. The zero-order valence-electron chi connectivity index (χ0n) is 11.4. The number of nitro groups is 1. The fraction of sp³-hybridized carbons (Fsp3) is 0.500. The summed E-state index contributed by atoms with van der Waals surface area (Å²) < 4.78 is 4.65. The third kappa shape index (κ3) is 3.26. The van der Waals surface area contributed by atoms with Gasteiger partial charge in [0.2, 0.25) is 0 Å². The summed E-state index contributed by atoms with van der Waals surface area (Å²) in [6, 6.07) is 4.49. The van der Waals surface area contributed by atoms with Gasteiger partial charge in [0.25, 0.3) is 5.69 Å². The summed E-state index contributed by atoms with van der Waals surface area (Å²) in [7, 11) is 1.29. The zero-order valence-corrected chi connectivity index (χ0v) is 11.4. The van der Waals surface area contributed by atoms with Gasteiger partial charge in [-0.25, -0.2) is 4.79 Å². The first kappa shape index (κ1) is 14.3. The van der Waals surface area contributed by atoms with Gasteiger partial charge in [0.15, 0.2) is 0 Å². The number of carbonyl (C=O) groups excluding carboxylic acids is 1. The summed E-state index contributed by atoms with van der Waals surface area (Å²) in [4.78, 5) is 22.1. The number of nitro benzene ring substituents is 1. The minimum absolute atomic E-state index is 0.0109. The standard InChI is InChI=1S/C14H18N2O4/c1-20-14(17)10-7-8-13(16(18)19)12(9-10)15-11-5-3-2-4-6-11/h7-9,11,15H,2-6H2,1H3. The predicted octanol–water partition coefficient (Wildman–Crippen LogP) is 3.13. The maximum atomic E-state index is 11.5. The van der Waals surface area contributed by atoms with Crippen LogP contribution >= 0.6 is 0 Å². The van der Waals surface area contributed by atoms with Crippen LogP contribution in [0.5, 0.6) is 0 Å². The summed E-state index contributed by atoms with van der Waals surface area (Å²) >= 11 is 0. The van der Waals surface area contributed by atoms with Crippen molar-refractivity contribution >= 4 is 17.3 Å². The molecule has 0 radical (unpaired) electrons. The molecule has 1 fully saturated rings. The summed E-state index contributed by atoms with van der Waals surface area (Å²) in [5, 5.41) is 14.3. The van der Waals surface area contributed by atoms with Crippen molar-refractivity contribution in [1.29, 1.82) is 0 Å². The second-order valence-electron chi connectivity index (χ2n) is 4.96. The Morgan fingerprint density at radius 2 is 2.05 bits per heavy atom. The molecule has 1 aromatic rings. The number of anilines is 1. The van der Waals surface area contributed by atoms with E-state index in [0.717, 1.165) is 25.7 Å². The quantitative estimate of drug-likeness (QED) is 0.520. The summed E-state index contributed by atoms with van der Waals surface area (Å²) in [6.45, 7) is 0. The van der Waals surface area contributed by atoms with Crippen molar-refractivity contribution in [2.45, 2.75) is 38.1 Å². The highest BCUT2D eigenvalue weighted by molar-refractivity contribution is 5.91. The van der Waals surface area contributed by atoms with Crippen LogP contribution in [0.3, 0.4) is 0 Å². The van der Waals surface area contributed by atoms with Crippen molar-refractivity contribution in [2.24, 2.45) is 0 Å². The van der Waals surface area contributed by atoms with Crippen molar-refractivity contribution in [3.05, 3.63) is 33.9 Å². The topological polar surface area (TPSA) is 81.5 Å². The van der Waals surface area contributed by atoms with Crippen LogP contribution in [0, 0.1) is 10.1 Å². The van der Waals surface area contributed by atoms with Gasteiger partial charge in [0.1, 0.15) is 5.69 Å². The number of hydrogen-bond donors (Lipinski definition) is 1. The molecule has 0 atom stereocenters. The first-order chi connectivity index (χ1) is 9.61. The number of methoxy groups -OCH3 is 1. The number of hydrogen-bond acceptors (Lipinski definition) is 5. The van der Waals surface area contributed by atoms with Gasteiger partial charge in [0.05, 0.1) is 17.6 Å². The molecule has 20 heavy (non-hydrogen) atoms. The number of benzene rings is 1. The Balaban J connectivity index is 2.26. The molecule has 0 aliphatic heterocycles. The van der Waals surface area contributed by atoms with Crippen molar-refractivity contribution < 1.29 is 14.5 Å². The van der Waals surface area contributed by atoms with E-state index >= 15 is 0 Å². The third-order valence-electron chi connectivity index (χ3n) is 3.58. The fourth-order valence-corrected chi connectivity index (χ4v) is 2.52. The van der Waals surface area contributed by atoms with Gasteiger partial charge in [-0.2, -0.15) is 0 Å². The lowest BCUT2D eigenvalue weighted by Gasteiger charge is -2.23. The number of rotatable bonds is 4. The second kappa shape index (κ2) is 6.36. The van der Waals surface area contributed by atoms with E-state index in [-0.39, 0.29) is 11.7 Å². The van der Waals surface area contributed by atoms with Gasteiger partial charge in [-0.05, 0) is 25.0 Å². The summed E-state index contributed by atoms with van der Waals surface area (Å²) in [6.07, 6.45) is 5.46. The minimum atomic E-state index is -0.494. The lowest BCUT2D eigenvalue weighted by Crippen LogP contribution is -2.23. The molecule has 1 N–H and O–H groups in total. The molecule has 0 amide bonds. The second-order valence-corrected chi connectivity index (χ2v) is 4.96. The summed E-state index contributed by atoms with van der Waals surface area (Å²) in [5.41, 5.74) is 0.699. The summed E-state index contributed by atoms with van der Waals surface area (Å²) in [5.74, 6) is -0.494. The minimum Gasteiger partial charge on any atom is -0.465 e. The molecule has 0 heterocycles. The lowest BCUT2D eigenvalue weighted by atomic mass is 9.95. The molecule has 6 nitrogen and oxygen atoms in total. The van der Waals surface area contributed by atoms with Crippen LogP contribution < -0.4 is 5.32 Å². The zero-order chi connectivity index (χ0) is 14.5. The average molecular weight is 278 g/mol. The number of esters is 1. The van der Waals surface area contributed by atoms with E-state index in [4.69, 9.17) is 0 Å². The number of nitrogens with one attached hydrogen (secondary N) is 1. The van der Waals surface area contributed by atoms with Crippen LogP contribution in [0.25, 0.3) is 0 Å². The third-order valence-corrected chi connectivity index (χ3v) is 3.58. The molecular formula is C14H18N2O4. The van der Waals surface area contributed by atoms with E-state index in [1.165, 1.54) is 31.7 Å². The molecule has 1 saturated carbocycles. The molecule has 1 aromatic carbocycles. The van der Waals surface area contributed by atoms with Crippen molar-refractivity contribution in [1.82, 2.24) is 0 Å². The van der Waals surface area contributed by atoms with E-state index in [1.807, 2.05) is 0 Å². The molecule has 108 valence electrons. The first-order valence-corrected chi connectivity index (χ1v) is 6.75. The molecule has 0 unspecified atom stereocenters. The van der Waals surface area contributed by atoms with E-state index in [2.05, 4.69) is 10.1 Å². The Kier molecular flexibility index (Phi) is 4.55. The highest BCUT2D eigenvalue weighted by atomic mass is 16.6. The Hall–Kier alpha value is -2.11. The number of ether oxygens (including phenoxy) is 1. The molecule has 1 aliphatic rings. The van der Waals surface area contributed by atoms with Gasteiger partial charge in [-0.1, -0.05) is 19.3 Å². The maximum Gasteiger partial charge on any atom is 0.337 e. The maximum absolute atomic E-state index is 11.5. The molecule has 0 aromatic heterocycles. The van der Waals surface area contributed by atoms with Crippen molar-refractivity contribution in [3.63, 3.8) is 0 Å². The molecule has 0 spiro atoms. The van der Waals surface area contributed by atoms with E-state index in [1.54, 1.807) is 0 Å². The van der Waals surface area contributed by atoms with Gasteiger partial charge < -0.3 is 10.1 Å². The lowest BCUT2D eigenvalue weighted by molar-refractivity contribution is -0.384. The molecule has 6 heteroatoms. The van der Waals surface area contributed by atoms with Crippen LogP contribution in [-0.4, -0.2) is 24.0 Å². The van der Waals surface area contributed by atoms with E-state index < -0.39 is 10.9 Å². The molecule has 2 rings (SSSR count). The van der Waals surface area contributed by atoms with Crippen molar-refractivity contribution in [2.75, 3.05) is 12.4 Å². The van der Waals surface area contributed by atoms with Gasteiger partial charge >= 0.3 is 5.97 Å². The van der Waals surface area contributed by atoms with Crippen LogP contribution in [0.15, 0.2) is 18.2 Å².